The van der Waals surface area contributed by atoms with E-state index in [1.54, 1.807) is 25.0 Å². The highest BCUT2D eigenvalue weighted by atomic mass is 32.1. The molecule has 11 nitrogen and oxygen atoms in total. The molecule has 2 atom stereocenters. The van der Waals surface area contributed by atoms with Crippen molar-refractivity contribution in [2.45, 2.75) is 59.2 Å². The molecule has 1 saturated heterocycles. The van der Waals surface area contributed by atoms with Crippen LogP contribution in [0.25, 0.3) is 21.1 Å². The number of hydrogen-bond donors (Lipinski definition) is 1. The number of carbonyl (C=O) groups is 2. The lowest BCUT2D eigenvalue weighted by molar-refractivity contribution is 0.00567. The van der Waals surface area contributed by atoms with Crippen LogP contribution in [0.2, 0.25) is 0 Å². The van der Waals surface area contributed by atoms with Crippen molar-refractivity contribution in [3.8, 4) is 10.9 Å². The van der Waals surface area contributed by atoms with E-state index in [1.165, 1.54) is 11.3 Å². The van der Waals surface area contributed by atoms with Crippen LogP contribution in [0, 0.1) is 6.92 Å². The number of thiazole rings is 1. The molecule has 3 heterocycles. The highest BCUT2D eigenvalue weighted by Gasteiger charge is 2.36. The summed E-state index contributed by atoms with van der Waals surface area (Å²) < 4.78 is 19.4. The van der Waals surface area contributed by atoms with Gasteiger partial charge in [0.25, 0.3) is 11.1 Å². The first-order chi connectivity index (χ1) is 19.8. The van der Waals surface area contributed by atoms with Crippen LogP contribution in [-0.2, 0) is 11.8 Å². The fourth-order valence-corrected chi connectivity index (χ4v) is 6.58. The monoisotopic (exact) mass is 594 g/mol. The highest BCUT2D eigenvalue weighted by Crippen LogP contribution is 2.40. The minimum Gasteiger partial charge on any atom is -0.494 e. The van der Waals surface area contributed by atoms with Gasteiger partial charge in [-0.3, -0.25) is 14.4 Å². The molecular weight excluding hydrogens is 556 g/mol. The van der Waals surface area contributed by atoms with Crippen molar-refractivity contribution in [3.05, 3.63) is 35.5 Å². The number of ether oxygens (including phenoxy) is 3. The molecule has 2 aromatic heterocycles. The summed E-state index contributed by atoms with van der Waals surface area (Å²) in [4.78, 5) is 35.4. The van der Waals surface area contributed by atoms with E-state index in [9.17, 15) is 9.59 Å². The number of anilines is 2. The maximum absolute atomic E-state index is 13.7. The van der Waals surface area contributed by atoms with Crippen LogP contribution in [0.15, 0.2) is 24.4 Å². The summed E-state index contributed by atoms with van der Waals surface area (Å²) in [5, 5.41) is 8.84. The molecule has 0 aliphatic carbocycles. The Labute approximate surface area is 249 Å². The van der Waals surface area contributed by atoms with Crippen LogP contribution in [-0.4, -0.2) is 76.7 Å². The molecule has 2 aromatic carbocycles. The quantitative estimate of drug-likeness (QED) is 0.318. The van der Waals surface area contributed by atoms with E-state index in [4.69, 9.17) is 14.2 Å². The van der Waals surface area contributed by atoms with Gasteiger partial charge in [-0.15, -0.1) is 0 Å². The van der Waals surface area contributed by atoms with Gasteiger partial charge in [-0.05, 0) is 65.3 Å². The number of carbonyl (C=O) groups excluding carboxylic acids is 2. The van der Waals surface area contributed by atoms with Crippen molar-refractivity contribution in [3.63, 3.8) is 0 Å². The van der Waals surface area contributed by atoms with Crippen molar-refractivity contribution in [2.24, 2.45) is 7.05 Å². The molecule has 0 saturated carbocycles. The Morgan fingerprint density at radius 1 is 1.07 bits per heavy atom. The second kappa shape index (κ2) is 11.0. The fraction of sp³-hybridized carbons (Fsp3) is 0.467. The van der Waals surface area contributed by atoms with Crippen molar-refractivity contribution >= 4 is 55.8 Å². The molecule has 12 heteroatoms. The zero-order chi connectivity index (χ0) is 30.5. The van der Waals surface area contributed by atoms with Crippen LogP contribution in [0.1, 0.15) is 50.5 Å². The molecule has 0 bridgehead atoms. The minimum atomic E-state index is -0.568. The van der Waals surface area contributed by atoms with Gasteiger partial charge in [0.2, 0.25) is 0 Å². The Morgan fingerprint density at radius 2 is 1.76 bits per heavy atom. The van der Waals surface area contributed by atoms with Gasteiger partial charge >= 0.3 is 6.09 Å². The molecule has 4 aromatic rings. The number of methoxy groups -OCH3 is 2. The molecule has 1 fully saturated rings. The predicted octanol–water partition coefficient (Wildman–Crippen LogP) is 5.60. The standard InChI is InChI=1S/C30H38N6O5S/c1-16-12-21(25(39-8)20-15-34(7)33-23(16)20)31-27(37)19-10-11-22(26-24(19)32-28(40-9)42-26)35-13-17(2)36(18(3)14-35)29(38)41-30(4,5)6/h10-12,15,17-18H,13-14H2,1-9H3,(H,31,37)/t17-,18-/m0/s1. The van der Waals surface area contributed by atoms with Gasteiger partial charge in [0.15, 0.2) is 5.75 Å². The number of amides is 2. The average Bonchev–Trinajstić information content (AvgIpc) is 3.50. The second-order valence-corrected chi connectivity index (χ2v) is 12.7. The smallest absolute Gasteiger partial charge is 0.410 e. The zero-order valence-electron chi connectivity index (χ0n) is 25.6. The predicted molar refractivity (Wildman–Crippen MR) is 165 cm³/mol. The zero-order valence-corrected chi connectivity index (χ0v) is 26.4. The van der Waals surface area contributed by atoms with Crippen LogP contribution >= 0.6 is 11.3 Å². The molecule has 2 amide bonds. The first-order valence-corrected chi connectivity index (χ1v) is 14.7. The van der Waals surface area contributed by atoms with E-state index in [1.807, 2.05) is 71.8 Å². The van der Waals surface area contributed by atoms with Gasteiger partial charge in [-0.25, -0.2) is 9.78 Å². The molecule has 1 aliphatic heterocycles. The van der Waals surface area contributed by atoms with Crippen LogP contribution in [0.3, 0.4) is 0 Å². The van der Waals surface area contributed by atoms with Gasteiger partial charge in [0, 0.05) is 26.3 Å². The largest absolute Gasteiger partial charge is 0.494 e. The lowest BCUT2D eigenvalue weighted by Crippen LogP contribution is -2.59. The Hall–Kier alpha value is -4.06. The van der Waals surface area contributed by atoms with Crippen LogP contribution in [0.4, 0.5) is 16.2 Å². The van der Waals surface area contributed by atoms with Crippen molar-refractivity contribution in [1.29, 1.82) is 0 Å². The molecule has 224 valence electrons. The summed E-state index contributed by atoms with van der Waals surface area (Å²) in [6, 6.07) is 5.43. The fourth-order valence-electron chi connectivity index (χ4n) is 5.63. The van der Waals surface area contributed by atoms with E-state index in [0.717, 1.165) is 26.9 Å². The number of aryl methyl sites for hydroxylation is 2. The summed E-state index contributed by atoms with van der Waals surface area (Å²) in [7, 11) is 5.00. The normalized spacial score (nSPS) is 17.5. The topological polar surface area (TPSA) is 111 Å². The molecule has 1 N–H and O–H groups in total. The summed E-state index contributed by atoms with van der Waals surface area (Å²) in [5.41, 5.74) is 3.65. The first-order valence-electron chi connectivity index (χ1n) is 13.9. The number of nitrogens with zero attached hydrogens (tertiary/aromatic N) is 5. The maximum atomic E-state index is 13.7. The Bertz CT molecular complexity index is 1660. The summed E-state index contributed by atoms with van der Waals surface area (Å²) in [6.07, 6.45) is 1.56. The van der Waals surface area contributed by atoms with Gasteiger partial charge in [0.05, 0.1) is 58.8 Å². The molecule has 0 radical (unpaired) electrons. The number of benzene rings is 2. The SMILES string of the molecule is COc1nc2c(C(=O)Nc3cc(C)c4nn(C)cc4c3OC)ccc(N3C[C@H](C)N(C(=O)OC(C)(C)C)[C@@H](C)C3)c2s1. The molecule has 1 aliphatic rings. The molecule has 0 unspecified atom stereocenters. The molecule has 0 spiro atoms. The van der Waals surface area contributed by atoms with Gasteiger partial charge in [-0.1, -0.05) is 11.3 Å². The Morgan fingerprint density at radius 3 is 2.38 bits per heavy atom. The van der Waals surface area contributed by atoms with Crippen LogP contribution in [0.5, 0.6) is 10.9 Å². The van der Waals surface area contributed by atoms with Crippen molar-refractivity contribution in [1.82, 2.24) is 19.7 Å². The van der Waals surface area contributed by atoms with E-state index in [-0.39, 0.29) is 24.1 Å². The minimum absolute atomic E-state index is 0.0884. The Balaban J connectivity index is 1.47. The van der Waals surface area contributed by atoms with E-state index < -0.39 is 5.60 Å². The highest BCUT2D eigenvalue weighted by molar-refractivity contribution is 7.21. The molecule has 42 heavy (non-hydrogen) atoms. The van der Waals surface area contributed by atoms with E-state index in [2.05, 4.69) is 20.3 Å². The third kappa shape index (κ3) is 5.42. The van der Waals surface area contributed by atoms with Gasteiger partial charge < -0.3 is 24.4 Å². The number of hydrogen-bond acceptors (Lipinski definition) is 9. The first kappa shape index (κ1) is 29.4. The van der Waals surface area contributed by atoms with E-state index >= 15 is 0 Å². The van der Waals surface area contributed by atoms with Crippen LogP contribution < -0.4 is 19.7 Å². The third-order valence-electron chi connectivity index (χ3n) is 7.29. The number of fused-ring (bicyclic) bond motifs is 2. The second-order valence-electron chi connectivity index (χ2n) is 11.8. The summed E-state index contributed by atoms with van der Waals surface area (Å²) in [5.74, 6) is 0.239. The number of aromatic nitrogens is 3. The van der Waals surface area contributed by atoms with Crippen molar-refractivity contribution in [2.75, 3.05) is 37.5 Å². The third-order valence-corrected chi connectivity index (χ3v) is 8.33. The average molecular weight is 595 g/mol. The summed E-state index contributed by atoms with van der Waals surface area (Å²) >= 11 is 1.39. The lowest BCUT2D eigenvalue weighted by atomic mass is 10.1. The number of rotatable bonds is 5. The van der Waals surface area contributed by atoms with Gasteiger partial charge in [0.1, 0.15) is 11.1 Å². The van der Waals surface area contributed by atoms with Crippen molar-refractivity contribution < 1.29 is 23.8 Å². The molecular formula is C30H38N6O5S. The summed E-state index contributed by atoms with van der Waals surface area (Å²) in [6.45, 7) is 12.8. The van der Waals surface area contributed by atoms with Gasteiger partial charge in [-0.2, -0.15) is 5.10 Å². The molecule has 5 rings (SSSR count). The maximum Gasteiger partial charge on any atom is 0.410 e. The number of nitrogens with one attached hydrogen (secondary N) is 1. The van der Waals surface area contributed by atoms with E-state index in [0.29, 0.717) is 40.8 Å². The number of piperazine rings is 1. The lowest BCUT2D eigenvalue weighted by Gasteiger charge is -2.45. The Kier molecular flexibility index (Phi) is 7.69.